The summed E-state index contributed by atoms with van der Waals surface area (Å²) < 4.78 is 55.0. The Labute approximate surface area is 142 Å². The van der Waals surface area contributed by atoms with E-state index in [1.807, 2.05) is 0 Å². The molecule has 1 rings (SSSR count). The van der Waals surface area contributed by atoms with Crippen LogP contribution in [0.1, 0.15) is 25.3 Å². The Morgan fingerprint density at radius 2 is 1.64 bits per heavy atom. The second-order valence-corrected chi connectivity index (χ2v) is 4.93. The first kappa shape index (κ1) is 20.6. The quantitative estimate of drug-likeness (QED) is 0.592. The van der Waals surface area contributed by atoms with Gasteiger partial charge in [0.15, 0.2) is 5.92 Å². The van der Waals surface area contributed by atoms with Gasteiger partial charge in [-0.1, -0.05) is 6.07 Å². The molecule has 0 saturated heterocycles. The van der Waals surface area contributed by atoms with Crippen LogP contribution in [0.15, 0.2) is 18.2 Å². The molecule has 0 aromatic heterocycles. The molecule has 140 valence electrons. The molecule has 0 radical (unpaired) electrons. The molecule has 9 heteroatoms. The van der Waals surface area contributed by atoms with Crippen LogP contribution in [0.5, 0.6) is 11.5 Å². The highest BCUT2D eigenvalue weighted by Gasteiger charge is 2.54. The number of ether oxygens (including phenoxy) is 3. The zero-order valence-electron chi connectivity index (χ0n) is 13.9. The van der Waals surface area contributed by atoms with Crippen LogP contribution in [-0.4, -0.2) is 43.5 Å². The average molecular weight is 364 g/mol. The number of hydrogen-bond acceptors (Lipinski definition) is 6. The number of alkyl halides is 3. The van der Waals surface area contributed by atoms with E-state index < -0.39 is 41.3 Å². The van der Waals surface area contributed by atoms with Gasteiger partial charge < -0.3 is 19.3 Å². The van der Waals surface area contributed by atoms with Crippen molar-refractivity contribution >= 4 is 11.9 Å². The fraction of sp³-hybridized carbons (Fsp3) is 0.500. The number of halogens is 3. The first-order valence-corrected chi connectivity index (χ1v) is 7.44. The summed E-state index contributed by atoms with van der Waals surface area (Å²) in [6.07, 6.45) is -5.02. The van der Waals surface area contributed by atoms with Gasteiger partial charge in [0.05, 0.1) is 20.3 Å². The van der Waals surface area contributed by atoms with E-state index in [4.69, 9.17) is 4.74 Å². The number of hydrogen-bond donors (Lipinski definition) is 1. The molecule has 0 aliphatic heterocycles. The minimum absolute atomic E-state index is 0.117. The summed E-state index contributed by atoms with van der Waals surface area (Å²) in [5, 5.41) is 9.94. The molecule has 25 heavy (non-hydrogen) atoms. The van der Waals surface area contributed by atoms with E-state index in [0.29, 0.717) is 0 Å². The van der Waals surface area contributed by atoms with Crippen molar-refractivity contribution in [3.63, 3.8) is 0 Å². The highest BCUT2D eigenvalue weighted by atomic mass is 19.4. The van der Waals surface area contributed by atoms with Crippen molar-refractivity contribution in [1.82, 2.24) is 0 Å². The summed E-state index contributed by atoms with van der Waals surface area (Å²) in [4.78, 5) is 24.1. The van der Waals surface area contributed by atoms with E-state index >= 15 is 0 Å². The van der Waals surface area contributed by atoms with Crippen molar-refractivity contribution in [1.29, 1.82) is 0 Å². The molecule has 0 heterocycles. The number of benzene rings is 1. The van der Waals surface area contributed by atoms with E-state index in [1.165, 1.54) is 27.0 Å². The SMILES string of the molecule is CCOC(=O)C(C(=O)OCC)[C@H](c1ccc(OC)cc1O)C(F)(F)F. The summed E-state index contributed by atoms with van der Waals surface area (Å²) in [5.41, 5.74) is -0.653. The third-order valence-electron chi connectivity index (χ3n) is 3.34. The largest absolute Gasteiger partial charge is 0.508 e. The highest BCUT2D eigenvalue weighted by molar-refractivity contribution is 5.96. The first-order valence-electron chi connectivity index (χ1n) is 7.44. The molecule has 0 fully saturated rings. The molecule has 6 nitrogen and oxygen atoms in total. The van der Waals surface area contributed by atoms with Crippen LogP contribution < -0.4 is 4.74 Å². The Balaban J connectivity index is 3.48. The van der Waals surface area contributed by atoms with Crippen LogP contribution in [0.4, 0.5) is 13.2 Å². The molecule has 0 unspecified atom stereocenters. The number of carbonyl (C=O) groups excluding carboxylic acids is 2. The van der Waals surface area contributed by atoms with Crippen molar-refractivity contribution in [2.45, 2.75) is 25.9 Å². The van der Waals surface area contributed by atoms with Crippen molar-refractivity contribution in [3.05, 3.63) is 23.8 Å². The van der Waals surface area contributed by atoms with Crippen LogP contribution in [0, 0.1) is 5.92 Å². The molecule has 0 spiro atoms. The molecule has 0 saturated carbocycles. The average Bonchev–Trinajstić information content (AvgIpc) is 2.52. The third-order valence-corrected chi connectivity index (χ3v) is 3.34. The standard InChI is InChI=1S/C16H19F3O6/c1-4-24-14(21)12(15(22)25-5-2)13(16(17,18)19)10-7-6-9(23-3)8-11(10)20/h6-8,12-13,20H,4-5H2,1-3H3/t13-/m0/s1. The fourth-order valence-electron chi connectivity index (χ4n) is 2.29. The van der Waals surface area contributed by atoms with Crippen molar-refractivity contribution in [3.8, 4) is 11.5 Å². The van der Waals surface area contributed by atoms with Crippen molar-refractivity contribution < 1.29 is 42.1 Å². The molecule has 1 N–H and O–H groups in total. The zero-order valence-corrected chi connectivity index (χ0v) is 13.9. The number of phenols is 1. The number of esters is 2. The van der Waals surface area contributed by atoms with Crippen LogP contribution >= 0.6 is 0 Å². The molecule has 0 bridgehead atoms. The second-order valence-electron chi connectivity index (χ2n) is 4.93. The number of phenolic OH excluding ortho intramolecular Hbond substituents is 1. The van der Waals surface area contributed by atoms with Crippen molar-refractivity contribution in [2.24, 2.45) is 5.92 Å². The zero-order chi connectivity index (χ0) is 19.2. The van der Waals surface area contributed by atoms with Crippen LogP contribution in [0.2, 0.25) is 0 Å². The maximum absolute atomic E-state index is 13.7. The van der Waals surface area contributed by atoms with Gasteiger partial charge in [-0.25, -0.2) is 0 Å². The Kier molecular flexibility index (Phi) is 7.08. The molecule has 1 atom stereocenters. The Morgan fingerprint density at radius 3 is 2.00 bits per heavy atom. The highest BCUT2D eigenvalue weighted by Crippen LogP contribution is 2.45. The number of methoxy groups -OCH3 is 1. The predicted octanol–water partition coefficient (Wildman–Crippen LogP) is 2.79. The van der Waals surface area contributed by atoms with Gasteiger partial charge in [-0.05, 0) is 19.9 Å². The topological polar surface area (TPSA) is 82.1 Å². The summed E-state index contributed by atoms with van der Waals surface area (Å²) in [6.45, 7) is 2.36. The van der Waals surface area contributed by atoms with E-state index in [9.17, 15) is 27.9 Å². The van der Waals surface area contributed by atoms with Crippen LogP contribution in [-0.2, 0) is 19.1 Å². The molecule has 0 amide bonds. The van der Waals surface area contributed by atoms with Gasteiger partial charge in [-0.15, -0.1) is 0 Å². The summed E-state index contributed by atoms with van der Waals surface area (Å²) in [6, 6.07) is 3.08. The Bertz CT molecular complexity index is 596. The lowest BCUT2D eigenvalue weighted by Crippen LogP contribution is -2.40. The third kappa shape index (κ3) is 5.01. The van der Waals surface area contributed by atoms with E-state index in [1.54, 1.807) is 0 Å². The molecule has 1 aromatic carbocycles. The number of aromatic hydroxyl groups is 1. The molecule has 0 aliphatic rings. The summed E-state index contributed by atoms with van der Waals surface area (Å²) in [5.74, 6) is -8.32. The molecule has 1 aromatic rings. The number of carbonyl (C=O) groups is 2. The van der Waals surface area contributed by atoms with Crippen molar-refractivity contribution in [2.75, 3.05) is 20.3 Å². The summed E-state index contributed by atoms with van der Waals surface area (Å²) in [7, 11) is 1.27. The Morgan fingerprint density at radius 1 is 1.12 bits per heavy atom. The molecular formula is C16H19F3O6. The normalized spacial score (nSPS) is 12.6. The minimum atomic E-state index is -5.02. The fourth-order valence-corrected chi connectivity index (χ4v) is 2.29. The minimum Gasteiger partial charge on any atom is -0.508 e. The lowest BCUT2D eigenvalue weighted by Gasteiger charge is -2.27. The summed E-state index contributed by atoms with van der Waals surface area (Å²) >= 11 is 0. The van der Waals surface area contributed by atoms with E-state index in [2.05, 4.69) is 9.47 Å². The lowest BCUT2D eigenvalue weighted by molar-refractivity contribution is -0.189. The van der Waals surface area contributed by atoms with Crippen LogP contribution in [0.3, 0.4) is 0 Å². The van der Waals surface area contributed by atoms with Gasteiger partial charge in [0.2, 0.25) is 0 Å². The van der Waals surface area contributed by atoms with Crippen LogP contribution in [0.25, 0.3) is 0 Å². The van der Waals surface area contributed by atoms with Gasteiger partial charge in [0.25, 0.3) is 0 Å². The Hall–Kier alpha value is -2.45. The monoisotopic (exact) mass is 364 g/mol. The van der Waals surface area contributed by atoms with Gasteiger partial charge in [0.1, 0.15) is 17.4 Å². The predicted molar refractivity (Wildman–Crippen MR) is 80.2 cm³/mol. The lowest BCUT2D eigenvalue weighted by atomic mass is 9.84. The van der Waals surface area contributed by atoms with Gasteiger partial charge >= 0.3 is 18.1 Å². The van der Waals surface area contributed by atoms with Gasteiger partial charge in [-0.2, -0.15) is 13.2 Å². The molecule has 0 aliphatic carbocycles. The molecular weight excluding hydrogens is 345 g/mol. The van der Waals surface area contributed by atoms with Gasteiger partial charge in [-0.3, -0.25) is 9.59 Å². The first-order chi connectivity index (χ1) is 11.7. The van der Waals surface area contributed by atoms with E-state index in [0.717, 1.165) is 12.1 Å². The number of rotatable bonds is 7. The van der Waals surface area contributed by atoms with Gasteiger partial charge in [0, 0.05) is 11.6 Å². The maximum Gasteiger partial charge on any atom is 0.397 e. The second kappa shape index (κ2) is 8.59. The smallest absolute Gasteiger partial charge is 0.397 e. The van der Waals surface area contributed by atoms with E-state index in [-0.39, 0.29) is 19.0 Å². The maximum atomic E-state index is 13.7.